The first-order valence-electron chi connectivity index (χ1n) is 8.68. The minimum absolute atomic E-state index is 0.141. The number of unbranched alkanes of at least 4 members (excludes halogenated alkanes) is 4. The van der Waals surface area contributed by atoms with Crippen molar-refractivity contribution in [2.24, 2.45) is 0 Å². The highest BCUT2D eigenvalue weighted by molar-refractivity contribution is 5.64. The van der Waals surface area contributed by atoms with Gasteiger partial charge in [0.1, 0.15) is 0 Å². The molecule has 0 atom stereocenters. The lowest BCUT2D eigenvalue weighted by molar-refractivity contribution is -0.305. The predicted molar refractivity (Wildman–Crippen MR) is 94.8 cm³/mol. The third kappa shape index (κ3) is 20.4. The van der Waals surface area contributed by atoms with E-state index in [1.54, 1.807) is 0 Å². The van der Waals surface area contributed by atoms with Crippen LogP contribution >= 0.6 is 0 Å². The molecule has 0 unspecified atom stereocenters. The molecule has 1 N–H and O–H groups in total. The largest absolute Gasteiger partial charge is 0.550 e. The van der Waals surface area contributed by atoms with E-state index in [0.29, 0.717) is 13.0 Å². The molecule has 0 radical (unpaired) electrons. The van der Waals surface area contributed by atoms with Crippen molar-refractivity contribution < 1.29 is 15.0 Å². The molecule has 0 saturated carbocycles. The molecular formula is C20H31O3-. The summed E-state index contributed by atoms with van der Waals surface area (Å²) in [6.45, 7) is 0.304. The zero-order chi connectivity index (χ0) is 17.0. The molecule has 130 valence electrons. The van der Waals surface area contributed by atoms with Crippen molar-refractivity contribution in [1.82, 2.24) is 0 Å². The van der Waals surface area contributed by atoms with Crippen molar-refractivity contribution in [2.45, 2.75) is 64.2 Å². The van der Waals surface area contributed by atoms with Crippen molar-refractivity contribution in [2.75, 3.05) is 6.61 Å². The lowest BCUT2D eigenvalue weighted by atomic mass is 10.2. The fraction of sp³-hybridized carbons (Fsp3) is 0.550. The van der Waals surface area contributed by atoms with Gasteiger partial charge in [0.25, 0.3) is 0 Å². The van der Waals surface area contributed by atoms with Gasteiger partial charge in [-0.25, -0.2) is 0 Å². The van der Waals surface area contributed by atoms with Crippen molar-refractivity contribution in [1.29, 1.82) is 0 Å². The highest BCUT2D eigenvalue weighted by atomic mass is 16.4. The summed E-state index contributed by atoms with van der Waals surface area (Å²) in [5.41, 5.74) is 0. The number of hydrogen-bond acceptors (Lipinski definition) is 3. The minimum atomic E-state index is -0.971. The van der Waals surface area contributed by atoms with Crippen LogP contribution in [0.15, 0.2) is 48.6 Å². The quantitative estimate of drug-likeness (QED) is 0.368. The summed E-state index contributed by atoms with van der Waals surface area (Å²) in [6, 6.07) is 0. The fourth-order valence-corrected chi connectivity index (χ4v) is 1.96. The SMILES string of the molecule is O=C([O-])CCC/C=C\C/C=C\C/C=C\C/C=C\CCCCCO. The molecule has 23 heavy (non-hydrogen) atoms. The first kappa shape index (κ1) is 21.4. The second-order valence-corrected chi connectivity index (χ2v) is 5.43. The van der Waals surface area contributed by atoms with Gasteiger partial charge in [-0.1, -0.05) is 55.0 Å². The molecule has 0 aliphatic rings. The maximum atomic E-state index is 10.2. The second kappa shape index (κ2) is 18.4. The number of hydrogen-bond donors (Lipinski definition) is 1. The van der Waals surface area contributed by atoms with Crippen LogP contribution in [0.2, 0.25) is 0 Å². The normalized spacial score (nSPS) is 12.4. The van der Waals surface area contributed by atoms with Crippen LogP contribution in [0.4, 0.5) is 0 Å². The Hall–Kier alpha value is -1.61. The van der Waals surface area contributed by atoms with Crippen molar-refractivity contribution in [3.8, 4) is 0 Å². The third-order valence-corrected chi connectivity index (χ3v) is 3.26. The maximum Gasteiger partial charge on any atom is 0.0431 e. The van der Waals surface area contributed by atoms with E-state index in [2.05, 4.69) is 42.5 Å². The van der Waals surface area contributed by atoms with E-state index in [0.717, 1.165) is 51.4 Å². The van der Waals surface area contributed by atoms with Crippen molar-refractivity contribution in [3.05, 3.63) is 48.6 Å². The van der Waals surface area contributed by atoms with Gasteiger partial charge in [0.05, 0.1) is 0 Å². The molecule has 0 rings (SSSR count). The average molecular weight is 319 g/mol. The highest BCUT2D eigenvalue weighted by Gasteiger charge is 1.85. The predicted octanol–water partition coefficient (Wildman–Crippen LogP) is 3.85. The van der Waals surface area contributed by atoms with Crippen LogP contribution in [0.3, 0.4) is 0 Å². The fourth-order valence-electron chi connectivity index (χ4n) is 1.96. The Morgan fingerprint density at radius 1 is 0.696 bits per heavy atom. The Bertz CT molecular complexity index is 378. The molecule has 3 nitrogen and oxygen atoms in total. The Balaban J connectivity index is 3.39. The van der Waals surface area contributed by atoms with E-state index in [1.807, 2.05) is 6.08 Å². The molecular weight excluding hydrogens is 288 g/mol. The third-order valence-electron chi connectivity index (χ3n) is 3.26. The van der Waals surface area contributed by atoms with Gasteiger partial charge in [0.15, 0.2) is 0 Å². The molecule has 0 aliphatic carbocycles. The molecule has 0 aromatic carbocycles. The second-order valence-electron chi connectivity index (χ2n) is 5.43. The van der Waals surface area contributed by atoms with Crippen molar-refractivity contribution in [3.63, 3.8) is 0 Å². The van der Waals surface area contributed by atoms with E-state index in [-0.39, 0.29) is 6.42 Å². The number of carboxylic acid groups (broad SMARTS) is 1. The molecule has 0 aromatic rings. The van der Waals surface area contributed by atoms with Gasteiger partial charge in [-0.05, 0) is 57.8 Å². The number of allylic oxidation sites excluding steroid dienone is 8. The number of aliphatic hydroxyl groups is 1. The number of carboxylic acids is 1. The first-order chi connectivity index (χ1) is 11.3. The molecule has 0 heterocycles. The standard InChI is InChI=1S/C20H32O3/c21-19-17-15-13-11-9-7-5-3-1-2-4-6-8-10-12-14-16-18-20(22)23/h1,3-4,6-7,9-10,12,21H,2,5,8,11,13-19H2,(H,22,23)/p-1/b3-1-,6-4-,9-7-,12-10-. The van der Waals surface area contributed by atoms with Gasteiger partial charge >= 0.3 is 0 Å². The first-order valence-corrected chi connectivity index (χ1v) is 8.68. The lowest BCUT2D eigenvalue weighted by Gasteiger charge is -1.97. The smallest absolute Gasteiger partial charge is 0.0431 e. The van der Waals surface area contributed by atoms with E-state index >= 15 is 0 Å². The van der Waals surface area contributed by atoms with E-state index in [4.69, 9.17) is 5.11 Å². The summed E-state index contributed by atoms with van der Waals surface area (Å²) in [7, 11) is 0. The number of aliphatic hydroxyl groups excluding tert-OH is 1. The maximum absolute atomic E-state index is 10.2. The van der Waals surface area contributed by atoms with Crippen molar-refractivity contribution >= 4 is 5.97 Å². The molecule has 0 bridgehead atoms. The summed E-state index contributed by atoms with van der Waals surface area (Å²) in [6.07, 6.45) is 25.8. The molecule has 0 spiro atoms. The minimum Gasteiger partial charge on any atom is -0.550 e. The Morgan fingerprint density at radius 2 is 1.17 bits per heavy atom. The van der Waals surface area contributed by atoms with Gasteiger partial charge in [0, 0.05) is 12.6 Å². The Labute approximate surface area is 141 Å². The summed E-state index contributed by atoms with van der Waals surface area (Å²) < 4.78 is 0. The van der Waals surface area contributed by atoms with Gasteiger partial charge in [0.2, 0.25) is 0 Å². The molecule has 3 heteroatoms. The number of rotatable bonds is 15. The van der Waals surface area contributed by atoms with Crippen LogP contribution in [0, 0.1) is 0 Å². The van der Waals surface area contributed by atoms with Gasteiger partial charge in [-0.15, -0.1) is 0 Å². The molecule has 0 aromatic heterocycles. The van der Waals surface area contributed by atoms with Crippen LogP contribution in [0.1, 0.15) is 64.2 Å². The summed E-state index contributed by atoms with van der Waals surface area (Å²) >= 11 is 0. The van der Waals surface area contributed by atoms with E-state index in [9.17, 15) is 9.90 Å². The molecule has 0 saturated heterocycles. The molecule has 0 fully saturated rings. The van der Waals surface area contributed by atoms with Crippen LogP contribution in [0.25, 0.3) is 0 Å². The van der Waals surface area contributed by atoms with Gasteiger partial charge in [-0.3, -0.25) is 0 Å². The highest BCUT2D eigenvalue weighted by Crippen LogP contribution is 2.01. The topological polar surface area (TPSA) is 60.4 Å². The van der Waals surface area contributed by atoms with Gasteiger partial charge in [-0.2, -0.15) is 0 Å². The lowest BCUT2D eigenvalue weighted by Crippen LogP contribution is -2.21. The Kier molecular flexibility index (Phi) is 17.1. The average Bonchev–Trinajstić information content (AvgIpc) is 2.53. The summed E-state index contributed by atoms with van der Waals surface area (Å²) in [4.78, 5) is 10.2. The van der Waals surface area contributed by atoms with Gasteiger partial charge < -0.3 is 15.0 Å². The zero-order valence-corrected chi connectivity index (χ0v) is 14.2. The number of aliphatic carboxylic acids is 1. The van der Waals surface area contributed by atoms with Crippen LogP contribution < -0.4 is 5.11 Å². The number of carbonyl (C=O) groups is 1. The van der Waals surface area contributed by atoms with Crippen LogP contribution in [-0.4, -0.2) is 17.7 Å². The monoisotopic (exact) mass is 319 g/mol. The summed E-state index contributed by atoms with van der Waals surface area (Å²) in [5.74, 6) is -0.971. The van der Waals surface area contributed by atoms with E-state index in [1.165, 1.54) is 0 Å². The Morgan fingerprint density at radius 3 is 1.65 bits per heavy atom. The molecule has 0 aliphatic heterocycles. The number of carbonyl (C=O) groups excluding carboxylic acids is 1. The van der Waals surface area contributed by atoms with Crippen LogP contribution in [-0.2, 0) is 4.79 Å². The van der Waals surface area contributed by atoms with E-state index < -0.39 is 5.97 Å². The summed E-state index contributed by atoms with van der Waals surface area (Å²) in [5, 5.41) is 18.9. The molecule has 0 amide bonds. The van der Waals surface area contributed by atoms with Crippen LogP contribution in [0.5, 0.6) is 0 Å². The zero-order valence-electron chi connectivity index (χ0n) is 14.2.